The number of aliphatic hydroxyl groups excluding tert-OH is 1. The van der Waals surface area contributed by atoms with Crippen LogP contribution in [0.3, 0.4) is 0 Å². The molecule has 0 aromatic heterocycles. The molecule has 3 N–H and O–H groups in total. The van der Waals surface area contributed by atoms with Gasteiger partial charge in [-0.1, -0.05) is 37.6 Å². The van der Waals surface area contributed by atoms with Gasteiger partial charge >= 0.3 is 0 Å². The number of anilines is 1. The van der Waals surface area contributed by atoms with Gasteiger partial charge in [-0.15, -0.1) is 0 Å². The summed E-state index contributed by atoms with van der Waals surface area (Å²) < 4.78 is 5.49. The monoisotopic (exact) mass is 389 g/mol. The van der Waals surface area contributed by atoms with Gasteiger partial charge in [-0.05, 0) is 48.4 Å². The predicted octanol–water partition coefficient (Wildman–Crippen LogP) is 4.46. The highest BCUT2D eigenvalue weighted by molar-refractivity contribution is 6.30. The zero-order valence-corrected chi connectivity index (χ0v) is 16.2. The second kappa shape index (κ2) is 7.79. The summed E-state index contributed by atoms with van der Waals surface area (Å²) in [6.45, 7) is 4.21. The number of phenolic OH excluding ortho intramolecular Hbond substituents is 1. The third-order valence-electron chi connectivity index (χ3n) is 4.77. The molecular formula is C21H24ClNO4. The maximum absolute atomic E-state index is 11.5. The van der Waals surface area contributed by atoms with Crippen LogP contribution in [-0.2, 0) is 11.2 Å². The van der Waals surface area contributed by atoms with Gasteiger partial charge in [0.25, 0.3) is 5.91 Å². The normalized spacial score (nSPS) is 14.9. The van der Waals surface area contributed by atoms with Crippen molar-refractivity contribution >= 4 is 23.2 Å². The quantitative estimate of drug-likeness (QED) is 0.681. The van der Waals surface area contributed by atoms with Crippen LogP contribution >= 0.6 is 11.6 Å². The number of rotatable bonds is 6. The number of halogens is 1. The number of hydrogen-bond acceptors (Lipinski definition) is 4. The Hall–Kier alpha value is -2.24. The second-order valence-corrected chi connectivity index (χ2v) is 8.21. The number of nitrogens with one attached hydrogen (secondary N) is 1. The lowest BCUT2D eigenvalue weighted by Crippen LogP contribution is -2.26. The van der Waals surface area contributed by atoms with Gasteiger partial charge in [0.2, 0.25) is 0 Å². The van der Waals surface area contributed by atoms with Crippen molar-refractivity contribution in [3.05, 3.63) is 52.5 Å². The first-order valence-corrected chi connectivity index (χ1v) is 9.33. The van der Waals surface area contributed by atoms with Crippen molar-refractivity contribution in [3.8, 4) is 11.5 Å². The molecule has 1 aliphatic heterocycles. The van der Waals surface area contributed by atoms with Crippen molar-refractivity contribution in [1.29, 1.82) is 0 Å². The van der Waals surface area contributed by atoms with Crippen LogP contribution in [0.5, 0.6) is 11.5 Å². The Morgan fingerprint density at radius 2 is 1.96 bits per heavy atom. The number of hydrogen-bond donors (Lipinski definition) is 3. The standard InChI is InChI=1S/C21H24ClNO4/c1-21(2,11-13-3-5-14(22)6-4-13)8-7-18(25)16-9-15(24)10-17-20(16)27-12-19(26)23-17/h3-6,9-10,18,24-25H,7-8,11-12H2,1-2H3,(H,23,26). The molecule has 0 bridgehead atoms. The molecule has 144 valence electrons. The molecule has 0 aliphatic carbocycles. The van der Waals surface area contributed by atoms with E-state index in [0.717, 1.165) is 12.8 Å². The molecule has 0 saturated carbocycles. The zero-order valence-electron chi connectivity index (χ0n) is 15.5. The average molecular weight is 390 g/mol. The zero-order chi connectivity index (χ0) is 19.6. The van der Waals surface area contributed by atoms with Gasteiger partial charge in [-0.3, -0.25) is 4.79 Å². The Balaban J connectivity index is 1.69. The van der Waals surface area contributed by atoms with E-state index in [1.807, 2.05) is 24.3 Å². The summed E-state index contributed by atoms with van der Waals surface area (Å²) in [6.07, 6.45) is 1.34. The molecule has 1 aliphatic rings. The molecule has 2 aromatic carbocycles. The van der Waals surface area contributed by atoms with Crippen LogP contribution in [0.4, 0.5) is 5.69 Å². The molecule has 6 heteroatoms. The SMILES string of the molecule is CC(C)(CCC(O)c1cc(O)cc2c1OCC(=O)N2)Cc1ccc(Cl)cc1. The molecule has 0 fully saturated rings. The molecule has 27 heavy (non-hydrogen) atoms. The van der Waals surface area contributed by atoms with Crippen molar-refractivity contribution < 1.29 is 19.7 Å². The number of carbonyl (C=O) groups excluding carboxylic acids is 1. The first-order valence-electron chi connectivity index (χ1n) is 8.95. The Labute approximate surface area is 163 Å². The number of ether oxygens (including phenoxy) is 1. The Bertz CT molecular complexity index is 833. The van der Waals surface area contributed by atoms with E-state index in [4.69, 9.17) is 16.3 Å². The minimum absolute atomic E-state index is 0.0194. The smallest absolute Gasteiger partial charge is 0.262 e. The minimum atomic E-state index is -0.801. The second-order valence-electron chi connectivity index (χ2n) is 7.77. The van der Waals surface area contributed by atoms with Gasteiger partial charge in [0.1, 0.15) is 11.5 Å². The third-order valence-corrected chi connectivity index (χ3v) is 5.03. The van der Waals surface area contributed by atoms with Crippen LogP contribution in [0.1, 0.15) is 43.9 Å². The summed E-state index contributed by atoms with van der Waals surface area (Å²) in [5.74, 6) is 0.127. The number of benzene rings is 2. The number of carbonyl (C=O) groups is 1. The van der Waals surface area contributed by atoms with Gasteiger partial charge in [0, 0.05) is 16.7 Å². The molecule has 1 heterocycles. The first kappa shape index (κ1) is 19.5. The molecular weight excluding hydrogens is 366 g/mol. The highest BCUT2D eigenvalue weighted by atomic mass is 35.5. The predicted molar refractivity (Wildman–Crippen MR) is 105 cm³/mol. The minimum Gasteiger partial charge on any atom is -0.508 e. The van der Waals surface area contributed by atoms with E-state index in [1.165, 1.54) is 17.7 Å². The van der Waals surface area contributed by atoms with Gasteiger partial charge in [0.05, 0.1) is 11.8 Å². The van der Waals surface area contributed by atoms with Crippen molar-refractivity contribution in [2.24, 2.45) is 5.41 Å². The van der Waals surface area contributed by atoms with Crippen LogP contribution in [0.2, 0.25) is 5.02 Å². The van der Waals surface area contributed by atoms with E-state index >= 15 is 0 Å². The number of amides is 1. The lowest BCUT2D eigenvalue weighted by molar-refractivity contribution is -0.118. The number of fused-ring (bicyclic) bond motifs is 1. The lowest BCUT2D eigenvalue weighted by Gasteiger charge is -2.28. The molecule has 0 spiro atoms. The largest absolute Gasteiger partial charge is 0.508 e. The van der Waals surface area contributed by atoms with Gasteiger partial charge < -0.3 is 20.3 Å². The summed E-state index contributed by atoms with van der Waals surface area (Å²) in [5.41, 5.74) is 2.05. The van der Waals surface area contributed by atoms with E-state index in [2.05, 4.69) is 19.2 Å². The van der Waals surface area contributed by atoms with Crippen molar-refractivity contribution in [3.63, 3.8) is 0 Å². The van der Waals surface area contributed by atoms with E-state index in [0.29, 0.717) is 28.4 Å². The third kappa shape index (κ3) is 4.93. The summed E-state index contributed by atoms with van der Waals surface area (Å²) in [6, 6.07) is 10.7. The number of aliphatic hydroxyl groups is 1. The summed E-state index contributed by atoms with van der Waals surface area (Å²) in [5, 5.41) is 24.0. The van der Waals surface area contributed by atoms with Gasteiger partial charge in [0.15, 0.2) is 6.61 Å². The van der Waals surface area contributed by atoms with Crippen LogP contribution in [0.15, 0.2) is 36.4 Å². The Morgan fingerprint density at radius 3 is 2.67 bits per heavy atom. The van der Waals surface area contributed by atoms with Crippen LogP contribution in [0.25, 0.3) is 0 Å². The molecule has 1 amide bonds. The average Bonchev–Trinajstić information content (AvgIpc) is 2.60. The van der Waals surface area contributed by atoms with E-state index in [-0.39, 0.29) is 23.7 Å². The molecule has 0 radical (unpaired) electrons. The highest BCUT2D eigenvalue weighted by Gasteiger charge is 2.26. The molecule has 5 nitrogen and oxygen atoms in total. The summed E-state index contributed by atoms with van der Waals surface area (Å²) in [4.78, 5) is 11.5. The molecule has 1 unspecified atom stereocenters. The fraction of sp³-hybridized carbons (Fsp3) is 0.381. The molecule has 0 saturated heterocycles. The molecule has 1 atom stereocenters. The van der Waals surface area contributed by atoms with Crippen LogP contribution < -0.4 is 10.1 Å². The lowest BCUT2D eigenvalue weighted by atomic mass is 9.80. The topological polar surface area (TPSA) is 78.8 Å². The van der Waals surface area contributed by atoms with E-state index < -0.39 is 6.10 Å². The Kier molecular flexibility index (Phi) is 5.63. The molecule has 3 rings (SSSR count). The van der Waals surface area contributed by atoms with Crippen molar-refractivity contribution in [2.75, 3.05) is 11.9 Å². The Morgan fingerprint density at radius 1 is 1.26 bits per heavy atom. The molecule has 2 aromatic rings. The first-order chi connectivity index (χ1) is 12.7. The summed E-state index contributed by atoms with van der Waals surface area (Å²) in [7, 11) is 0. The fourth-order valence-electron chi connectivity index (χ4n) is 3.39. The summed E-state index contributed by atoms with van der Waals surface area (Å²) >= 11 is 5.94. The van der Waals surface area contributed by atoms with Gasteiger partial charge in [-0.25, -0.2) is 0 Å². The van der Waals surface area contributed by atoms with Gasteiger partial charge in [-0.2, -0.15) is 0 Å². The van der Waals surface area contributed by atoms with Crippen LogP contribution in [0, 0.1) is 5.41 Å². The highest BCUT2D eigenvalue weighted by Crippen LogP contribution is 2.41. The number of aromatic hydroxyl groups is 1. The maximum Gasteiger partial charge on any atom is 0.262 e. The number of phenols is 1. The van der Waals surface area contributed by atoms with Crippen molar-refractivity contribution in [2.45, 2.75) is 39.2 Å². The fourth-order valence-corrected chi connectivity index (χ4v) is 3.51. The maximum atomic E-state index is 11.5. The van der Waals surface area contributed by atoms with E-state index in [9.17, 15) is 15.0 Å². The van der Waals surface area contributed by atoms with Crippen molar-refractivity contribution in [1.82, 2.24) is 0 Å². The van der Waals surface area contributed by atoms with E-state index in [1.54, 1.807) is 0 Å². The van der Waals surface area contributed by atoms with Crippen LogP contribution in [-0.4, -0.2) is 22.7 Å².